The lowest BCUT2D eigenvalue weighted by Crippen LogP contribution is -2.23. The monoisotopic (exact) mass is 340 g/mol. The summed E-state index contributed by atoms with van der Waals surface area (Å²) in [4.78, 5) is 11.6. The number of likely N-dealkylation sites (tertiary alicyclic amines) is 1. The van der Waals surface area contributed by atoms with Gasteiger partial charge in [-0.1, -0.05) is 27.7 Å². The number of rotatable bonds is 4. The maximum Gasteiger partial charge on any atom is 0.137 e. The van der Waals surface area contributed by atoms with Crippen molar-refractivity contribution in [1.29, 1.82) is 0 Å². The Labute approximate surface area is 130 Å². The highest BCUT2D eigenvalue weighted by Crippen LogP contribution is 2.23. The molecule has 0 radical (unpaired) electrons. The van der Waals surface area contributed by atoms with Crippen molar-refractivity contribution >= 4 is 21.7 Å². The van der Waals surface area contributed by atoms with Crippen molar-refractivity contribution in [1.82, 2.24) is 14.9 Å². The largest absolute Gasteiger partial charge is 0.370 e. The van der Waals surface area contributed by atoms with Crippen LogP contribution in [-0.2, 0) is 5.41 Å². The van der Waals surface area contributed by atoms with Gasteiger partial charge in [-0.2, -0.15) is 0 Å². The second-order valence-corrected chi connectivity index (χ2v) is 7.39. The van der Waals surface area contributed by atoms with Crippen LogP contribution in [0, 0.1) is 5.92 Å². The zero-order chi connectivity index (χ0) is 14.8. The number of nitrogens with one attached hydrogen (secondary N) is 1. The van der Waals surface area contributed by atoms with E-state index in [4.69, 9.17) is 0 Å². The van der Waals surface area contributed by atoms with E-state index in [2.05, 4.69) is 63.8 Å². The maximum absolute atomic E-state index is 4.64. The number of hydrogen-bond donors (Lipinski definition) is 1. The quantitative estimate of drug-likeness (QED) is 0.854. The molecule has 0 amide bonds. The number of halogens is 1. The van der Waals surface area contributed by atoms with Crippen LogP contribution in [0.2, 0.25) is 0 Å². The molecule has 2 rings (SSSR count). The van der Waals surface area contributed by atoms with Crippen LogP contribution in [0.3, 0.4) is 0 Å². The molecule has 0 aliphatic carbocycles. The van der Waals surface area contributed by atoms with E-state index in [0.29, 0.717) is 0 Å². The van der Waals surface area contributed by atoms with Gasteiger partial charge in [-0.15, -0.1) is 0 Å². The molecule has 1 unspecified atom stereocenters. The number of aromatic nitrogens is 2. The van der Waals surface area contributed by atoms with Gasteiger partial charge in [0.1, 0.15) is 16.2 Å². The summed E-state index contributed by atoms with van der Waals surface area (Å²) in [5, 5.41) is 3.48. The van der Waals surface area contributed by atoms with Crippen molar-refractivity contribution in [2.24, 2.45) is 5.92 Å². The normalized spacial score (nSPS) is 20.4. The molecular weight excluding hydrogens is 316 g/mol. The lowest BCUT2D eigenvalue weighted by atomic mass is 9.96. The standard InChI is InChI=1S/C15H25BrN4/c1-5-20-7-6-11(10-20)9-17-13-8-12(16)18-14(19-13)15(2,3)4/h8,11H,5-7,9-10H2,1-4H3,(H,17,18,19). The van der Waals surface area contributed by atoms with E-state index in [1.165, 1.54) is 19.5 Å². The van der Waals surface area contributed by atoms with Crippen LogP contribution in [0.15, 0.2) is 10.7 Å². The molecule has 0 spiro atoms. The maximum atomic E-state index is 4.64. The van der Waals surface area contributed by atoms with E-state index >= 15 is 0 Å². The molecule has 1 aliphatic rings. The van der Waals surface area contributed by atoms with Gasteiger partial charge in [-0.05, 0) is 41.4 Å². The van der Waals surface area contributed by atoms with Gasteiger partial charge in [-0.3, -0.25) is 0 Å². The van der Waals surface area contributed by atoms with Gasteiger partial charge < -0.3 is 10.2 Å². The van der Waals surface area contributed by atoms with E-state index in [0.717, 1.165) is 35.3 Å². The van der Waals surface area contributed by atoms with Crippen LogP contribution in [0.4, 0.5) is 5.82 Å². The molecule has 2 heterocycles. The SMILES string of the molecule is CCN1CCC(CNc2cc(Br)nc(C(C)(C)C)n2)C1. The highest BCUT2D eigenvalue weighted by molar-refractivity contribution is 9.10. The van der Waals surface area contributed by atoms with E-state index in [9.17, 15) is 0 Å². The molecule has 4 nitrogen and oxygen atoms in total. The molecule has 1 atom stereocenters. The Morgan fingerprint density at radius 2 is 2.15 bits per heavy atom. The summed E-state index contributed by atoms with van der Waals surface area (Å²) < 4.78 is 0.849. The lowest BCUT2D eigenvalue weighted by molar-refractivity contribution is 0.345. The van der Waals surface area contributed by atoms with Gasteiger partial charge in [0.15, 0.2) is 0 Å². The Morgan fingerprint density at radius 3 is 2.75 bits per heavy atom. The van der Waals surface area contributed by atoms with Gasteiger partial charge in [0.25, 0.3) is 0 Å². The first-order chi connectivity index (χ1) is 9.38. The Morgan fingerprint density at radius 1 is 1.40 bits per heavy atom. The second-order valence-electron chi connectivity index (χ2n) is 6.58. The molecule has 0 bridgehead atoms. The van der Waals surface area contributed by atoms with Crippen LogP contribution in [0.25, 0.3) is 0 Å². The van der Waals surface area contributed by atoms with Gasteiger partial charge in [0.2, 0.25) is 0 Å². The molecule has 1 fully saturated rings. The molecule has 20 heavy (non-hydrogen) atoms. The van der Waals surface area contributed by atoms with Crippen LogP contribution in [0.1, 0.15) is 39.9 Å². The molecule has 1 aliphatic heterocycles. The molecule has 0 saturated carbocycles. The summed E-state index contributed by atoms with van der Waals surface area (Å²) in [6.45, 7) is 13.2. The summed E-state index contributed by atoms with van der Waals surface area (Å²) in [6.07, 6.45) is 1.28. The van der Waals surface area contributed by atoms with E-state index < -0.39 is 0 Å². The Bertz CT molecular complexity index is 456. The summed E-state index contributed by atoms with van der Waals surface area (Å²) in [6, 6.07) is 1.96. The predicted octanol–water partition coefficient (Wildman–Crippen LogP) is 3.29. The minimum atomic E-state index is -0.0351. The number of anilines is 1. The van der Waals surface area contributed by atoms with Crippen molar-refractivity contribution in [3.63, 3.8) is 0 Å². The summed E-state index contributed by atoms with van der Waals surface area (Å²) >= 11 is 3.48. The summed E-state index contributed by atoms with van der Waals surface area (Å²) in [5.74, 6) is 2.52. The van der Waals surface area contributed by atoms with Gasteiger partial charge in [0, 0.05) is 24.6 Å². The van der Waals surface area contributed by atoms with Crippen LogP contribution in [-0.4, -0.2) is 41.0 Å². The molecule has 0 aromatic carbocycles. The van der Waals surface area contributed by atoms with Crippen LogP contribution < -0.4 is 5.32 Å². The van der Waals surface area contributed by atoms with Crippen LogP contribution >= 0.6 is 15.9 Å². The third kappa shape index (κ3) is 4.16. The average Bonchev–Trinajstić information content (AvgIpc) is 2.82. The Balaban J connectivity index is 1.98. The molecule has 1 aromatic rings. The van der Waals surface area contributed by atoms with E-state index in [1.54, 1.807) is 0 Å². The zero-order valence-corrected chi connectivity index (χ0v) is 14.5. The first-order valence-electron chi connectivity index (χ1n) is 7.39. The molecule has 5 heteroatoms. The zero-order valence-electron chi connectivity index (χ0n) is 12.9. The number of hydrogen-bond acceptors (Lipinski definition) is 4. The van der Waals surface area contributed by atoms with E-state index in [-0.39, 0.29) is 5.41 Å². The van der Waals surface area contributed by atoms with Crippen LogP contribution in [0.5, 0.6) is 0 Å². The molecule has 1 N–H and O–H groups in total. The van der Waals surface area contributed by atoms with Crippen molar-refractivity contribution < 1.29 is 0 Å². The predicted molar refractivity (Wildman–Crippen MR) is 87.1 cm³/mol. The minimum Gasteiger partial charge on any atom is -0.370 e. The van der Waals surface area contributed by atoms with Gasteiger partial charge >= 0.3 is 0 Å². The van der Waals surface area contributed by atoms with Crippen molar-refractivity contribution in [2.75, 3.05) is 31.5 Å². The fourth-order valence-electron chi connectivity index (χ4n) is 2.46. The molecule has 1 aromatic heterocycles. The highest BCUT2D eigenvalue weighted by Gasteiger charge is 2.22. The molecular formula is C15H25BrN4. The third-order valence-corrected chi connectivity index (χ3v) is 4.16. The smallest absolute Gasteiger partial charge is 0.137 e. The highest BCUT2D eigenvalue weighted by atomic mass is 79.9. The second kappa shape index (κ2) is 6.39. The minimum absolute atomic E-state index is 0.0351. The molecule has 1 saturated heterocycles. The van der Waals surface area contributed by atoms with Crippen molar-refractivity contribution in [3.05, 3.63) is 16.5 Å². The molecule has 112 valence electrons. The van der Waals surface area contributed by atoms with Gasteiger partial charge in [-0.25, -0.2) is 9.97 Å². The lowest BCUT2D eigenvalue weighted by Gasteiger charge is -2.19. The third-order valence-electron chi connectivity index (χ3n) is 3.75. The van der Waals surface area contributed by atoms with Gasteiger partial charge in [0.05, 0.1) is 0 Å². The number of nitrogens with zero attached hydrogens (tertiary/aromatic N) is 3. The Kier molecular flexibility index (Phi) is 5.02. The fourth-order valence-corrected chi connectivity index (χ4v) is 2.84. The van der Waals surface area contributed by atoms with Crippen molar-refractivity contribution in [3.8, 4) is 0 Å². The van der Waals surface area contributed by atoms with Crippen molar-refractivity contribution in [2.45, 2.75) is 39.5 Å². The Hall–Kier alpha value is -0.680. The summed E-state index contributed by atoms with van der Waals surface area (Å²) in [5.41, 5.74) is -0.0351. The average molecular weight is 341 g/mol. The first kappa shape index (κ1) is 15.7. The van der Waals surface area contributed by atoms with E-state index in [1.807, 2.05) is 6.07 Å². The first-order valence-corrected chi connectivity index (χ1v) is 8.19. The fraction of sp³-hybridized carbons (Fsp3) is 0.733. The topological polar surface area (TPSA) is 41.0 Å². The summed E-state index contributed by atoms with van der Waals surface area (Å²) in [7, 11) is 0.